The summed E-state index contributed by atoms with van der Waals surface area (Å²) in [6.07, 6.45) is 3.26. The number of Topliss-reactive ketones (excluding diaryl/α,β-unsaturated/α-hetero) is 2. The van der Waals surface area contributed by atoms with Crippen molar-refractivity contribution in [1.29, 1.82) is 0 Å². The van der Waals surface area contributed by atoms with E-state index in [0.717, 1.165) is 19.3 Å². The summed E-state index contributed by atoms with van der Waals surface area (Å²) in [5, 5.41) is 60.3. The van der Waals surface area contributed by atoms with Crippen molar-refractivity contribution in [2.75, 3.05) is 14.1 Å². The Morgan fingerprint density at radius 3 is 2.35 bits per heavy atom. The Kier molecular flexibility index (Phi) is 6.88. The van der Waals surface area contributed by atoms with Gasteiger partial charge in [0.1, 0.15) is 22.8 Å². The van der Waals surface area contributed by atoms with E-state index in [4.69, 9.17) is 0 Å². The van der Waals surface area contributed by atoms with Gasteiger partial charge >= 0.3 is 0 Å². The molecule has 6 unspecified atom stereocenters. The highest BCUT2D eigenvalue weighted by molar-refractivity contribution is 6.25. The van der Waals surface area contributed by atoms with E-state index in [-0.39, 0.29) is 16.9 Å². The first kappa shape index (κ1) is 28.3. The molecule has 10 heteroatoms. The van der Waals surface area contributed by atoms with Gasteiger partial charge in [-0.1, -0.05) is 45.2 Å². The molecular formula is C30H38N2O8. The van der Waals surface area contributed by atoms with Gasteiger partial charge in [0.05, 0.1) is 23.6 Å². The predicted octanol–water partition coefficient (Wildman–Crippen LogP) is 2.40. The van der Waals surface area contributed by atoms with Crippen molar-refractivity contribution >= 4 is 17.5 Å². The van der Waals surface area contributed by atoms with Crippen LogP contribution in [0, 0.1) is 11.8 Å². The van der Waals surface area contributed by atoms with E-state index < -0.39 is 75.6 Å². The summed E-state index contributed by atoms with van der Waals surface area (Å²) >= 11 is 0. The minimum atomic E-state index is -2.87. The number of carbonyl (C=O) groups is 3. The number of aromatic hydroxyl groups is 1. The van der Waals surface area contributed by atoms with Gasteiger partial charge in [0.15, 0.2) is 11.4 Å². The second-order valence-corrected chi connectivity index (χ2v) is 12.1. The summed E-state index contributed by atoms with van der Waals surface area (Å²) in [6, 6.07) is 3.30. The fraction of sp³-hybridized carbons (Fsp3) is 0.567. The van der Waals surface area contributed by atoms with Crippen LogP contribution in [0.4, 0.5) is 0 Å². The van der Waals surface area contributed by atoms with Crippen molar-refractivity contribution in [2.24, 2.45) is 11.8 Å². The smallest absolute Gasteiger partial charge is 0.258 e. The molecule has 0 saturated heterocycles. The summed E-state index contributed by atoms with van der Waals surface area (Å²) in [5.74, 6) is -7.99. The van der Waals surface area contributed by atoms with Gasteiger partial charge in [-0.3, -0.25) is 19.3 Å². The number of rotatable bonds is 4. The molecule has 1 saturated carbocycles. The topological polar surface area (TPSA) is 168 Å². The van der Waals surface area contributed by atoms with E-state index in [1.807, 2.05) is 6.92 Å². The highest BCUT2D eigenvalue weighted by atomic mass is 16.4. The molecule has 0 bridgehead atoms. The molecule has 1 amide bonds. The molecule has 0 aliphatic heterocycles. The van der Waals surface area contributed by atoms with Crippen LogP contribution in [0.2, 0.25) is 0 Å². The second-order valence-electron chi connectivity index (χ2n) is 12.1. The number of nitrogens with zero attached hydrogens (tertiary/aromatic N) is 1. The number of hydrogen-bond acceptors (Lipinski definition) is 9. The zero-order chi connectivity index (χ0) is 29.3. The lowest BCUT2D eigenvalue weighted by atomic mass is 9.55. The number of likely N-dealkylation sites (N-methyl/N-ethyl adjacent to an activating group) is 1. The summed E-state index contributed by atoms with van der Waals surface area (Å²) < 4.78 is 0. The highest BCUT2D eigenvalue weighted by Crippen LogP contribution is 2.55. The maximum atomic E-state index is 14.1. The van der Waals surface area contributed by atoms with E-state index in [2.05, 4.69) is 5.32 Å². The number of fused-ring (bicyclic) bond motifs is 3. The minimum Gasteiger partial charge on any atom is -0.510 e. The lowest BCUT2D eigenvalue weighted by molar-refractivity contribution is -0.162. The van der Waals surface area contributed by atoms with Crippen LogP contribution in [0.25, 0.3) is 0 Å². The average molecular weight is 555 g/mol. The summed E-state index contributed by atoms with van der Waals surface area (Å²) in [5.41, 5.74) is -4.15. The van der Waals surface area contributed by atoms with Gasteiger partial charge in [-0.15, -0.1) is 0 Å². The van der Waals surface area contributed by atoms with Crippen LogP contribution in [0.1, 0.15) is 74.2 Å². The third-order valence-electron chi connectivity index (χ3n) is 9.84. The summed E-state index contributed by atoms with van der Waals surface area (Å²) in [7, 11) is 3.13. The van der Waals surface area contributed by atoms with Crippen molar-refractivity contribution in [1.82, 2.24) is 10.2 Å². The third kappa shape index (κ3) is 3.76. The molecule has 1 aromatic carbocycles. The van der Waals surface area contributed by atoms with Crippen molar-refractivity contribution in [3.63, 3.8) is 0 Å². The Morgan fingerprint density at radius 2 is 1.75 bits per heavy atom. The monoisotopic (exact) mass is 554 g/mol. The standard InChI is InChI=1S/C30H38N2O8/c1-5-29(12-7-6-8-13-29)31-28(39)20-25(36)22(32(3)4)21-24(35)17-14(2)15-10-9-11-16(33)18(15)23(34)19(17)26(37)30(21,40)27(20)38/h9-11,14,17,21-22,24,33,35-37,40H,5-8,12-13H2,1-4H3,(H,31,39). The number of ketones is 2. The number of nitrogens with one attached hydrogen (secondary N) is 1. The molecule has 10 nitrogen and oxygen atoms in total. The van der Waals surface area contributed by atoms with E-state index in [1.54, 1.807) is 33.2 Å². The lowest BCUT2D eigenvalue weighted by Crippen LogP contribution is -2.69. The molecule has 0 radical (unpaired) electrons. The number of phenols is 1. The van der Waals surface area contributed by atoms with E-state index in [1.165, 1.54) is 11.0 Å². The van der Waals surface area contributed by atoms with E-state index in [9.17, 15) is 39.9 Å². The molecule has 0 spiro atoms. The van der Waals surface area contributed by atoms with Crippen LogP contribution in [0.15, 0.2) is 40.9 Å². The Morgan fingerprint density at radius 1 is 1.10 bits per heavy atom. The Balaban J connectivity index is 1.68. The number of hydrogen-bond donors (Lipinski definition) is 6. The molecule has 216 valence electrons. The number of aliphatic hydroxyl groups excluding tert-OH is 3. The van der Waals surface area contributed by atoms with Crippen LogP contribution in [0.5, 0.6) is 5.75 Å². The summed E-state index contributed by atoms with van der Waals surface area (Å²) in [6.45, 7) is 3.65. The maximum Gasteiger partial charge on any atom is 0.258 e. The molecule has 4 aliphatic carbocycles. The molecule has 4 aliphatic rings. The molecular weight excluding hydrogens is 516 g/mol. The van der Waals surface area contributed by atoms with Crippen LogP contribution in [0.3, 0.4) is 0 Å². The minimum absolute atomic E-state index is 0.0759. The van der Waals surface area contributed by atoms with Gasteiger partial charge < -0.3 is 30.8 Å². The molecule has 6 N–H and O–H groups in total. The van der Waals surface area contributed by atoms with Crippen molar-refractivity contribution in [2.45, 2.75) is 81.6 Å². The zero-order valence-electron chi connectivity index (χ0n) is 23.3. The first-order chi connectivity index (χ1) is 18.8. The second kappa shape index (κ2) is 9.71. The fourth-order valence-electron chi connectivity index (χ4n) is 7.66. The molecule has 1 fully saturated rings. The molecule has 0 aromatic heterocycles. The maximum absolute atomic E-state index is 14.1. The van der Waals surface area contributed by atoms with Crippen LogP contribution >= 0.6 is 0 Å². The first-order valence-corrected chi connectivity index (χ1v) is 14.0. The van der Waals surface area contributed by atoms with Crippen molar-refractivity contribution in [3.8, 4) is 5.75 Å². The Bertz CT molecular complexity index is 1340. The van der Waals surface area contributed by atoms with Gasteiger partial charge in [0.2, 0.25) is 5.78 Å². The van der Waals surface area contributed by atoms with Crippen molar-refractivity contribution in [3.05, 3.63) is 52.0 Å². The fourth-order valence-corrected chi connectivity index (χ4v) is 7.66. The highest BCUT2D eigenvalue weighted by Gasteiger charge is 2.67. The molecule has 5 rings (SSSR count). The number of amides is 1. The van der Waals surface area contributed by atoms with Crippen LogP contribution in [-0.4, -0.2) is 85.3 Å². The van der Waals surface area contributed by atoms with Crippen LogP contribution < -0.4 is 5.32 Å². The summed E-state index contributed by atoms with van der Waals surface area (Å²) in [4.78, 5) is 42.9. The number of carbonyl (C=O) groups excluding carboxylic acids is 3. The number of aliphatic hydroxyl groups is 4. The lowest BCUT2D eigenvalue weighted by Gasteiger charge is -2.53. The quantitative estimate of drug-likeness (QED) is 0.306. The predicted molar refractivity (Wildman–Crippen MR) is 145 cm³/mol. The number of benzene rings is 1. The van der Waals surface area contributed by atoms with Gasteiger partial charge in [-0.2, -0.15) is 0 Å². The SMILES string of the molecule is CCC1(NC(=O)C2=C(O)C(N(C)C)C3C(O)C4C(=C(O)C3(O)C2=O)C(=O)c2c(O)cccc2C4C)CCCCC1. The molecule has 1 aromatic rings. The third-order valence-corrected chi connectivity index (χ3v) is 9.84. The average Bonchev–Trinajstić information content (AvgIpc) is 2.91. The number of phenolic OH excluding ortho intramolecular Hbond substituents is 1. The van der Waals surface area contributed by atoms with Gasteiger partial charge in [0.25, 0.3) is 5.91 Å². The van der Waals surface area contributed by atoms with E-state index in [0.29, 0.717) is 24.8 Å². The van der Waals surface area contributed by atoms with Gasteiger partial charge in [-0.25, -0.2) is 0 Å². The molecule has 0 heterocycles. The molecule has 40 heavy (non-hydrogen) atoms. The van der Waals surface area contributed by atoms with E-state index >= 15 is 0 Å². The Hall–Kier alpha value is -3.21. The van der Waals surface area contributed by atoms with Crippen LogP contribution in [-0.2, 0) is 9.59 Å². The Labute approximate surface area is 233 Å². The zero-order valence-corrected chi connectivity index (χ0v) is 23.3. The largest absolute Gasteiger partial charge is 0.510 e. The van der Waals surface area contributed by atoms with Crippen molar-refractivity contribution < 1.29 is 39.9 Å². The van der Waals surface area contributed by atoms with Gasteiger partial charge in [-0.05, 0) is 50.9 Å². The molecule has 6 atom stereocenters. The first-order valence-electron chi connectivity index (χ1n) is 14.0. The van der Waals surface area contributed by atoms with Gasteiger partial charge in [0, 0.05) is 17.0 Å². The normalized spacial score (nSPS) is 33.4.